The molecule has 6 heteroatoms. The van der Waals surface area contributed by atoms with Gasteiger partial charge in [0.1, 0.15) is 0 Å². The highest BCUT2D eigenvalue weighted by Crippen LogP contribution is 2.29. The van der Waals surface area contributed by atoms with Crippen LogP contribution < -0.4 is 10.6 Å². The molecule has 0 bridgehead atoms. The fourth-order valence-corrected chi connectivity index (χ4v) is 2.92. The molecule has 0 aliphatic heterocycles. The van der Waals surface area contributed by atoms with Gasteiger partial charge >= 0.3 is 0 Å². The number of nitrogens with one attached hydrogen (secondary N) is 2. The summed E-state index contributed by atoms with van der Waals surface area (Å²) in [6, 6.07) is 17.3. The second kappa shape index (κ2) is 8.45. The standard InChI is InChI=1S/C23H22ClN3O2/c1-23(2,3)27-22(29)16-9-7-15(8-10-16)21(28)26-17-11-12-19(24)18(14-17)20-6-4-5-13-25-20/h4-14H,1-3H3,(H,26,28)(H,27,29). The average molecular weight is 408 g/mol. The van der Waals surface area contributed by atoms with Crippen molar-refractivity contribution in [1.82, 2.24) is 10.3 Å². The van der Waals surface area contributed by atoms with Gasteiger partial charge in [-0.05, 0) is 75.4 Å². The maximum atomic E-state index is 12.6. The van der Waals surface area contributed by atoms with Crippen LogP contribution >= 0.6 is 11.6 Å². The molecule has 3 rings (SSSR count). The lowest BCUT2D eigenvalue weighted by Crippen LogP contribution is -2.40. The van der Waals surface area contributed by atoms with Gasteiger partial charge in [0.05, 0.1) is 10.7 Å². The molecular formula is C23H22ClN3O2. The van der Waals surface area contributed by atoms with E-state index < -0.39 is 0 Å². The third kappa shape index (κ3) is 5.42. The molecule has 0 spiro atoms. The van der Waals surface area contributed by atoms with Crippen molar-refractivity contribution in [1.29, 1.82) is 0 Å². The van der Waals surface area contributed by atoms with Crippen LogP contribution in [0.15, 0.2) is 66.9 Å². The fraction of sp³-hybridized carbons (Fsp3) is 0.174. The molecule has 29 heavy (non-hydrogen) atoms. The molecule has 1 aromatic heterocycles. The molecule has 0 aliphatic carbocycles. The number of aromatic nitrogens is 1. The van der Waals surface area contributed by atoms with E-state index in [9.17, 15) is 9.59 Å². The minimum absolute atomic E-state index is 0.179. The van der Waals surface area contributed by atoms with Crippen molar-refractivity contribution < 1.29 is 9.59 Å². The van der Waals surface area contributed by atoms with Crippen molar-refractivity contribution in [3.63, 3.8) is 0 Å². The molecule has 0 atom stereocenters. The number of hydrogen-bond donors (Lipinski definition) is 2. The zero-order valence-electron chi connectivity index (χ0n) is 16.5. The summed E-state index contributed by atoms with van der Waals surface area (Å²) in [5, 5.41) is 6.30. The van der Waals surface area contributed by atoms with E-state index >= 15 is 0 Å². The fourth-order valence-electron chi connectivity index (χ4n) is 2.71. The van der Waals surface area contributed by atoms with E-state index in [-0.39, 0.29) is 17.4 Å². The first-order chi connectivity index (χ1) is 13.7. The van der Waals surface area contributed by atoms with Crippen LogP contribution in [0.2, 0.25) is 5.02 Å². The van der Waals surface area contributed by atoms with E-state index in [4.69, 9.17) is 11.6 Å². The number of hydrogen-bond acceptors (Lipinski definition) is 3. The summed E-state index contributed by atoms with van der Waals surface area (Å²) in [5.41, 5.74) is 2.69. The van der Waals surface area contributed by atoms with Gasteiger partial charge in [-0.2, -0.15) is 0 Å². The van der Waals surface area contributed by atoms with Crippen LogP contribution in [0.4, 0.5) is 5.69 Å². The van der Waals surface area contributed by atoms with Gasteiger partial charge in [-0.15, -0.1) is 0 Å². The molecule has 0 saturated carbocycles. The molecular weight excluding hydrogens is 386 g/mol. The number of benzene rings is 2. The summed E-state index contributed by atoms with van der Waals surface area (Å²) in [6.07, 6.45) is 1.69. The highest BCUT2D eigenvalue weighted by atomic mass is 35.5. The Morgan fingerprint density at radius 3 is 2.14 bits per heavy atom. The quantitative estimate of drug-likeness (QED) is 0.625. The minimum atomic E-state index is -0.326. The van der Waals surface area contributed by atoms with E-state index in [1.54, 1.807) is 48.7 Å². The second-order valence-corrected chi connectivity index (χ2v) is 8.05. The maximum absolute atomic E-state index is 12.6. The number of rotatable bonds is 4. The number of carbonyl (C=O) groups excluding carboxylic acids is 2. The summed E-state index contributed by atoms with van der Waals surface area (Å²) in [6.45, 7) is 5.74. The Hall–Kier alpha value is -3.18. The van der Waals surface area contributed by atoms with Gasteiger partial charge in [-0.25, -0.2) is 0 Å². The monoisotopic (exact) mass is 407 g/mol. The first kappa shape index (κ1) is 20.6. The topological polar surface area (TPSA) is 71.1 Å². The molecule has 5 nitrogen and oxygen atoms in total. The van der Waals surface area contributed by atoms with Gasteiger partial charge in [0, 0.05) is 34.1 Å². The van der Waals surface area contributed by atoms with Gasteiger partial charge in [0.2, 0.25) is 0 Å². The molecule has 2 N–H and O–H groups in total. The number of nitrogens with zero attached hydrogens (tertiary/aromatic N) is 1. The molecule has 0 radical (unpaired) electrons. The summed E-state index contributed by atoms with van der Waals surface area (Å²) in [7, 11) is 0. The van der Waals surface area contributed by atoms with Crippen molar-refractivity contribution in [2.45, 2.75) is 26.3 Å². The molecule has 0 fully saturated rings. The van der Waals surface area contributed by atoms with Crippen molar-refractivity contribution in [3.8, 4) is 11.3 Å². The van der Waals surface area contributed by atoms with Gasteiger partial charge in [0.25, 0.3) is 11.8 Å². The molecule has 0 saturated heterocycles. The zero-order chi connectivity index (χ0) is 21.0. The Balaban J connectivity index is 1.75. The average Bonchev–Trinajstić information content (AvgIpc) is 2.69. The Bertz CT molecular complexity index is 1030. The molecule has 0 aliphatic rings. The van der Waals surface area contributed by atoms with Gasteiger partial charge < -0.3 is 10.6 Å². The van der Waals surface area contributed by atoms with Crippen molar-refractivity contribution >= 4 is 29.1 Å². The number of halogens is 1. The van der Waals surface area contributed by atoms with Gasteiger partial charge in [0.15, 0.2) is 0 Å². The molecule has 1 heterocycles. The van der Waals surface area contributed by atoms with Crippen molar-refractivity contribution in [2.75, 3.05) is 5.32 Å². The summed E-state index contributed by atoms with van der Waals surface area (Å²) >= 11 is 6.29. The van der Waals surface area contributed by atoms with E-state index in [0.29, 0.717) is 21.8 Å². The maximum Gasteiger partial charge on any atom is 0.255 e. The minimum Gasteiger partial charge on any atom is -0.347 e. The highest BCUT2D eigenvalue weighted by Gasteiger charge is 2.16. The normalized spacial score (nSPS) is 11.0. The predicted octanol–water partition coefficient (Wildman–Crippen LogP) is 5.18. The summed E-state index contributed by atoms with van der Waals surface area (Å²) in [4.78, 5) is 29.1. The van der Waals surface area contributed by atoms with Crippen molar-refractivity contribution in [2.24, 2.45) is 0 Å². The van der Waals surface area contributed by atoms with E-state index in [0.717, 1.165) is 11.3 Å². The van der Waals surface area contributed by atoms with Crippen LogP contribution in [0.25, 0.3) is 11.3 Å². The SMILES string of the molecule is CC(C)(C)NC(=O)c1ccc(C(=O)Nc2ccc(Cl)c(-c3ccccn3)c2)cc1. The Kier molecular flexibility index (Phi) is 5.99. The van der Waals surface area contributed by atoms with Crippen LogP contribution in [0.1, 0.15) is 41.5 Å². The predicted molar refractivity (Wildman–Crippen MR) is 116 cm³/mol. The van der Waals surface area contributed by atoms with Crippen LogP contribution in [0, 0.1) is 0 Å². The van der Waals surface area contributed by atoms with Crippen LogP contribution in [0.3, 0.4) is 0 Å². The van der Waals surface area contributed by atoms with E-state index in [2.05, 4.69) is 15.6 Å². The highest BCUT2D eigenvalue weighted by molar-refractivity contribution is 6.33. The lowest BCUT2D eigenvalue weighted by Gasteiger charge is -2.20. The first-order valence-electron chi connectivity index (χ1n) is 9.18. The van der Waals surface area contributed by atoms with Crippen molar-refractivity contribution in [3.05, 3.63) is 83.0 Å². The van der Waals surface area contributed by atoms with E-state index in [1.807, 2.05) is 39.0 Å². The molecule has 2 aromatic carbocycles. The lowest BCUT2D eigenvalue weighted by atomic mass is 10.1. The molecule has 148 valence electrons. The summed E-state index contributed by atoms with van der Waals surface area (Å²) < 4.78 is 0. The lowest BCUT2D eigenvalue weighted by molar-refractivity contribution is 0.0918. The number of anilines is 1. The van der Waals surface area contributed by atoms with Gasteiger partial charge in [-0.3, -0.25) is 14.6 Å². The molecule has 0 unspecified atom stereocenters. The Morgan fingerprint density at radius 1 is 0.897 bits per heavy atom. The Labute approximate surface area is 175 Å². The van der Waals surface area contributed by atoms with Crippen LogP contribution in [-0.2, 0) is 0 Å². The molecule has 3 aromatic rings. The zero-order valence-corrected chi connectivity index (χ0v) is 17.2. The molecule has 2 amide bonds. The van der Waals surface area contributed by atoms with Crippen LogP contribution in [0.5, 0.6) is 0 Å². The third-order valence-corrected chi connectivity index (χ3v) is 4.39. The third-order valence-electron chi connectivity index (χ3n) is 4.06. The second-order valence-electron chi connectivity index (χ2n) is 7.65. The Morgan fingerprint density at radius 2 is 1.55 bits per heavy atom. The number of amides is 2. The number of pyridine rings is 1. The van der Waals surface area contributed by atoms with E-state index in [1.165, 1.54) is 0 Å². The largest absolute Gasteiger partial charge is 0.347 e. The summed E-state index contributed by atoms with van der Waals surface area (Å²) in [5.74, 6) is -0.454. The smallest absolute Gasteiger partial charge is 0.255 e. The first-order valence-corrected chi connectivity index (χ1v) is 9.56. The van der Waals surface area contributed by atoms with Gasteiger partial charge in [-0.1, -0.05) is 17.7 Å². The number of carbonyl (C=O) groups is 2. The van der Waals surface area contributed by atoms with Crippen LogP contribution in [-0.4, -0.2) is 22.3 Å².